The molecule has 7 nitrogen and oxygen atoms in total. The molecule has 1 atom stereocenters. The number of hydrogen-bond acceptors (Lipinski definition) is 6. The molecule has 0 bridgehead atoms. The molecule has 0 aromatic heterocycles. The largest absolute Gasteiger partial charge is 0.494 e. The first-order valence-corrected chi connectivity index (χ1v) is 9.48. The molecule has 1 aromatic carbocycles. The van der Waals surface area contributed by atoms with Crippen molar-refractivity contribution < 1.29 is 14.6 Å². The average molecular weight is 364 g/mol. The van der Waals surface area contributed by atoms with E-state index in [1.165, 1.54) is 5.56 Å². The summed E-state index contributed by atoms with van der Waals surface area (Å²) in [5.74, 6) is 0.126. The zero-order valence-corrected chi connectivity index (χ0v) is 15.7. The van der Waals surface area contributed by atoms with E-state index in [0.29, 0.717) is 12.6 Å². The van der Waals surface area contributed by atoms with Crippen LogP contribution in [-0.2, 0) is 11.2 Å². The number of aliphatic carboxylic acids is 1. The highest BCUT2D eigenvalue weighted by Gasteiger charge is 2.13. The quantitative estimate of drug-likeness (QED) is 0.572. The van der Waals surface area contributed by atoms with Gasteiger partial charge in [-0.3, -0.25) is 9.69 Å². The molecule has 146 valence electrons. The van der Waals surface area contributed by atoms with Gasteiger partial charge >= 0.3 is 5.97 Å². The molecule has 1 heterocycles. The third-order valence-electron chi connectivity index (χ3n) is 4.41. The van der Waals surface area contributed by atoms with Gasteiger partial charge in [-0.05, 0) is 31.0 Å². The normalized spacial score (nSPS) is 20.7. The van der Waals surface area contributed by atoms with E-state index in [2.05, 4.69) is 28.1 Å². The maximum absolute atomic E-state index is 11.0. The lowest BCUT2D eigenvalue weighted by Gasteiger charge is -2.25. The van der Waals surface area contributed by atoms with E-state index in [1.807, 2.05) is 24.0 Å². The van der Waals surface area contributed by atoms with Crippen LogP contribution >= 0.6 is 0 Å². The number of nitrogens with zero attached hydrogens (tertiary/aromatic N) is 1. The van der Waals surface area contributed by atoms with Crippen molar-refractivity contribution in [3.8, 4) is 5.75 Å². The Morgan fingerprint density at radius 2 is 1.88 bits per heavy atom. The third kappa shape index (κ3) is 8.14. The van der Waals surface area contributed by atoms with Gasteiger partial charge in [0, 0.05) is 51.9 Å². The van der Waals surface area contributed by atoms with Crippen LogP contribution in [0.25, 0.3) is 0 Å². The molecule has 0 aliphatic carbocycles. The number of carboxylic acid groups (broad SMARTS) is 1. The van der Waals surface area contributed by atoms with Gasteiger partial charge in [-0.25, -0.2) is 0 Å². The molecule has 2 rings (SSSR count). The van der Waals surface area contributed by atoms with Gasteiger partial charge in [-0.15, -0.1) is 0 Å². The molecule has 1 aliphatic heterocycles. The van der Waals surface area contributed by atoms with Crippen molar-refractivity contribution in [3.63, 3.8) is 0 Å². The number of carboxylic acids is 1. The summed E-state index contributed by atoms with van der Waals surface area (Å²) in [6.45, 7) is 8.48. The Balaban J connectivity index is 1.89. The van der Waals surface area contributed by atoms with Gasteiger partial charge in [-0.1, -0.05) is 12.1 Å². The van der Waals surface area contributed by atoms with Crippen LogP contribution in [0.5, 0.6) is 5.75 Å². The Morgan fingerprint density at radius 3 is 2.62 bits per heavy atom. The van der Waals surface area contributed by atoms with Crippen molar-refractivity contribution in [1.82, 2.24) is 20.9 Å². The number of rotatable bonds is 6. The summed E-state index contributed by atoms with van der Waals surface area (Å²) in [5.41, 5.74) is 1.26. The van der Waals surface area contributed by atoms with Crippen molar-refractivity contribution in [3.05, 3.63) is 29.8 Å². The van der Waals surface area contributed by atoms with Crippen molar-refractivity contribution >= 4 is 5.97 Å². The Hall–Kier alpha value is -1.67. The molecule has 4 N–H and O–H groups in total. The molecule has 1 saturated heterocycles. The predicted octanol–water partition coefficient (Wildman–Crippen LogP) is 0.165. The smallest absolute Gasteiger partial charge is 0.317 e. The van der Waals surface area contributed by atoms with E-state index in [4.69, 9.17) is 9.84 Å². The van der Waals surface area contributed by atoms with E-state index in [-0.39, 0.29) is 6.54 Å². The molecule has 1 aromatic rings. The van der Waals surface area contributed by atoms with E-state index in [1.54, 1.807) is 0 Å². The topological polar surface area (TPSA) is 85.9 Å². The minimum Gasteiger partial charge on any atom is -0.494 e. The second-order valence-corrected chi connectivity index (χ2v) is 6.56. The summed E-state index contributed by atoms with van der Waals surface area (Å²) in [6.07, 6.45) is 0.922. The van der Waals surface area contributed by atoms with E-state index >= 15 is 0 Å². The van der Waals surface area contributed by atoms with Crippen molar-refractivity contribution in [2.75, 3.05) is 59.0 Å². The second kappa shape index (κ2) is 11.9. The fraction of sp³-hybridized carbons (Fsp3) is 0.632. The Kier molecular flexibility index (Phi) is 9.41. The molecule has 0 amide bonds. The monoisotopic (exact) mass is 364 g/mol. The number of ether oxygens (including phenoxy) is 1. The van der Waals surface area contributed by atoms with Crippen LogP contribution in [0.2, 0.25) is 0 Å². The average Bonchev–Trinajstić information content (AvgIpc) is 2.60. The maximum Gasteiger partial charge on any atom is 0.317 e. The van der Waals surface area contributed by atoms with Crippen LogP contribution in [0.15, 0.2) is 24.3 Å². The highest BCUT2D eigenvalue weighted by Crippen LogP contribution is 2.13. The van der Waals surface area contributed by atoms with Gasteiger partial charge in [0.25, 0.3) is 0 Å². The summed E-state index contributed by atoms with van der Waals surface area (Å²) in [4.78, 5) is 13.0. The number of carbonyl (C=O) groups is 1. The number of benzene rings is 1. The molecule has 7 heteroatoms. The van der Waals surface area contributed by atoms with Gasteiger partial charge in [0.15, 0.2) is 0 Å². The van der Waals surface area contributed by atoms with Crippen LogP contribution < -0.4 is 20.7 Å². The van der Waals surface area contributed by atoms with Crippen LogP contribution in [0.1, 0.15) is 12.5 Å². The fourth-order valence-electron chi connectivity index (χ4n) is 3.09. The lowest BCUT2D eigenvalue weighted by molar-refractivity contribution is -0.138. The first-order chi connectivity index (χ1) is 12.7. The summed E-state index contributed by atoms with van der Waals surface area (Å²) in [7, 11) is 0. The molecule has 1 unspecified atom stereocenters. The lowest BCUT2D eigenvalue weighted by Crippen LogP contribution is -2.47. The fourth-order valence-corrected chi connectivity index (χ4v) is 3.09. The molecule has 1 aliphatic rings. The first-order valence-electron chi connectivity index (χ1n) is 9.48. The molecular formula is C19H32N4O3. The van der Waals surface area contributed by atoms with Crippen LogP contribution in [0.3, 0.4) is 0 Å². The summed E-state index contributed by atoms with van der Waals surface area (Å²) in [5, 5.41) is 19.5. The predicted molar refractivity (Wildman–Crippen MR) is 103 cm³/mol. The van der Waals surface area contributed by atoms with Crippen LogP contribution in [-0.4, -0.2) is 81.0 Å². The zero-order chi connectivity index (χ0) is 18.6. The minimum atomic E-state index is -0.773. The Labute approximate surface area is 156 Å². The van der Waals surface area contributed by atoms with E-state index in [0.717, 1.165) is 58.0 Å². The van der Waals surface area contributed by atoms with Crippen LogP contribution in [0.4, 0.5) is 0 Å². The summed E-state index contributed by atoms with van der Waals surface area (Å²) < 4.78 is 5.50. The highest BCUT2D eigenvalue weighted by molar-refractivity contribution is 5.69. The number of hydrogen-bond donors (Lipinski definition) is 4. The van der Waals surface area contributed by atoms with Crippen molar-refractivity contribution in [2.45, 2.75) is 19.4 Å². The van der Waals surface area contributed by atoms with Crippen molar-refractivity contribution in [2.24, 2.45) is 0 Å². The van der Waals surface area contributed by atoms with Gasteiger partial charge in [-0.2, -0.15) is 0 Å². The molecule has 1 fully saturated rings. The first kappa shape index (κ1) is 20.6. The molecule has 0 saturated carbocycles. The third-order valence-corrected chi connectivity index (χ3v) is 4.41. The minimum absolute atomic E-state index is 0.0885. The van der Waals surface area contributed by atoms with Crippen molar-refractivity contribution in [1.29, 1.82) is 0 Å². The lowest BCUT2D eigenvalue weighted by atomic mass is 10.1. The molecule has 0 spiro atoms. The molecule has 26 heavy (non-hydrogen) atoms. The van der Waals surface area contributed by atoms with E-state index < -0.39 is 5.97 Å². The summed E-state index contributed by atoms with van der Waals surface area (Å²) in [6, 6.07) is 8.56. The highest BCUT2D eigenvalue weighted by atomic mass is 16.5. The van der Waals surface area contributed by atoms with E-state index in [9.17, 15) is 4.79 Å². The SMILES string of the molecule is CCOc1ccc(CC2CNCCNCCN(CC(=O)O)CCN2)cc1. The summed E-state index contributed by atoms with van der Waals surface area (Å²) >= 11 is 0. The standard InChI is InChI=1S/C19H32N4O3/c1-2-26-18-5-3-16(4-6-18)13-17-14-21-8-7-20-9-11-23(12-10-22-17)15-19(24)25/h3-6,17,20-22H,2,7-15H2,1H3,(H,24,25). The van der Waals surface area contributed by atoms with Gasteiger partial charge in [0.05, 0.1) is 13.2 Å². The van der Waals surface area contributed by atoms with Gasteiger partial charge in [0.1, 0.15) is 5.75 Å². The Morgan fingerprint density at radius 1 is 1.15 bits per heavy atom. The maximum atomic E-state index is 11.0. The Bertz CT molecular complexity index is 524. The zero-order valence-electron chi connectivity index (χ0n) is 15.7. The second-order valence-electron chi connectivity index (χ2n) is 6.56. The van der Waals surface area contributed by atoms with Gasteiger partial charge in [0.2, 0.25) is 0 Å². The molecular weight excluding hydrogens is 332 g/mol. The van der Waals surface area contributed by atoms with Gasteiger partial charge < -0.3 is 25.8 Å². The van der Waals surface area contributed by atoms with Crippen LogP contribution in [0, 0.1) is 0 Å². The molecule has 0 radical (unpaired) electrons. The number of nitrogens with one attached hydrogen (secondary N) is 3.